The third kappa shape index (κ3) is 4.52. The van der Waals surface area contributed by atoms with Crippen molar-refractivity contribution in [3.63, 3.8) is 0 Å². The predicted molar refractivity (Wildman–Crippen MR) is 92.3 cm³/mol. The lowest BCUT2D eigenvalue weighted by molar-refractivity contribution is -0.305. The summed E-state index contributed by atoms with van der Waals surface area (Å²) in [5.74, 6) is 0.917. The van der Waals surface area contributed by atoms with Crippen LogP contribution in [0.5, 0.6) is 0 Å². The van der Waals surface area contributed by atoms with Gasteiger partial charge in [0.15, 0.2) is 0 Å². The first kappa shape index (κ1) is 17.9. The van der Waals surface area contributed by atoms with E-state index in [0.717, 1.165) is 35.6 Å². The maximum atomic E-state index is 10.5. The summed E-state index contributed by atoms with van der Waals surface area (Å²) < 4.78 is 2.00. The molecule has 0 aliphatic heterocycles. The molecule has 1 aromatic carbocycles. The monoisotopic (exact) mass is 356 g/mol. The molecule has 1 heterocycles. The Bertz CT molecular complexity index is 667. The summed E-state index contributed by atoms with van der Waals surface area (Å²) in [6, 6.07) is 6.08. The number of alkyl halides is 2. The fourth-order valence-corrected chi connectivity index (χ4v) is 3.03. The Balaban J connectivity index is 2.23. The Morgan fingerprint density at radius 2 is 2.00 bits per heavy atom. The van der Waals surface area contributed by atoms with Gasteiger partial charge in [0.05, 0.1) is 11.0 Å². The Labute approximate surface area is 145 Å². The molecule has 2 aromatic rings. The quantitative estimate of drug-likeness (QED) is 0.644. The number of fused-ring (bicyclic) bond motifs is 1. The molecule has 0 saturated carbocycles. The van der Waals surface area contributed by atoms with Gasteiger partial charge in [-0.3, -0.25) is 0 Å². The van der Waals surface area contributed by atoms with Gasteiger partial charge in [0, 0.05) is 50.0 Å². The summed E-state index contributed by atoms with van der Waals surface area (Å²) in [5.41, 5.74) is 2.95. The molecule has 0 fully saturated rings. The van der Waals surface area contributed by atoms with Crippen molar-refractivity contribution < 1.29 is 9.90 Å². The van der Waals surface area contributed by atoms with Gasteiger partial charge in [0.25, 0.3) is 0 Å². The van der Waals surface area contributed by atoms with Crippen molar-refractivity contribution in [1.29, 1.82) is 0 Å². The fourth-order valence-electron chi connectivity index (χ4n) is 2.62. The lowest BCUT2D eigenvalue weighted by Crippen LogP contribution is -2.27. The number of halogens is 2. The van der Waals surface area contributed by atoms with E-state index in [1.807, 2.05) is 29.8 Å². The first-order valence-electron chi connectivity index (χ1n) is 7.59. The molecule has 0 atom stereocenters. The minimum atomic E-state index is -1.02. The number of rotatable bonds is 9. The zero-order chi connectivity index (χ0) is 16.8. The second kappa shape index (κ2) is 8.41. The third-order valence-electron chi connectivity index (χ3n) is 3.81. The average molecular weight is 357 g/mol. The second-order valence-corrected chi connectivity index (χ2v) is 6.11. The summed E-state index contributed by atoms with van der Waals surface area (Å²) in [5, 5.41) is 10.5. The van der Waals surface area contributed by atoms with E-state index in [1.54, 1.807) is 0 Å². The maximum absolute atomic E-state index is 10.5. The molecule has 0 radical (unpaired) electrons. The number of anilines is 1. The van der Waals surface area contributed by atoms with Crippen LogP contribution in [0.4, 0.5) is 5.69 Å². The molecule has 1 aromatic heterocycles. The molecular formula is C16H20Cl2N3O2-. The van der Waals surface area contributed by atoms with Crippen LogP contribution in [0, 0.1) is 0 Å². The summed E-state index contributed by atoms with van der Waals surface area (Å²) in [6.45, 7) is 1.45. The number of imidazole rings is 1. The number of carboxylic acid groups (broad SMARTS) is 1. The number of carbonyl (C=O) groups is 1. The number of aliphatic carboxylic acids is 1. The SMILES string of the molecule is Cn1c(CCCC(=O)[O-])nc2cc(N(CCCl)CCCl)ccc21. The van der Waals surface area contributed by atoms with Gasteiger partial charge in [0.2, 0.25) is 0 Å². The van der Waals surface area contributed by atoms with Crippen LogP contribution < -0.4 is 10.0 Å². The molecule has 0 aliphatic carbocycles. The number of aryl methyl sites for hydroxylation is 2. The molecule has 0 unspecified atom stereocenters. The Morgan fingerprint density at radius 3 is 2.61 bits per heavy atom. The van der Waals surface area contributed by atoms with Crippen molar-refractivity contribution in [3.05, 3.63) is 24.0 Å². The maximum Gasteiger partial charge on any atom is 0.109 e. The van der Waals surface area contributed by atoms with Crippen molar-refractivity contribution >= 4 is 45.9 Å². The predicted octanol–water partition coefficient (Wildman–Crippen LogP) is 1.93. The molecule has 5 nitrogen and oxygen atoms in total. The molecule has 7 heteroatoms. The van der Waals surface area contributed by atoms with E-state index in [0.29, 0.717) is 24.6 Å². The largest absolute Gasteiger partial charge is 0.550 e. The normalized spacial score (nSPS) is 11.1. The molecule has 0 N–H and O–H groups in total. The molecule has 0 spiro atoms. The zero-order valence-electron chi connectivity index (χ0n) is 13.1. The first-order chi connectivity index (χ1) is 11.1. The van der Waals surface area contributed by atoms with Crippen LogP contribution in [-0.2, 0) is 18.3 Å². The standard InChI is InChI=1S/C16H21Cl2N3O2/c1-20-14-6-5-12(21(9-7-17)10-8-18)11-13(14)19-15(20)3-2-4-16(22)23/h5-6,11H,2-4,7-10H2,1H3,(H,22,23)/p-1. The van der Waals surface area contributed by atoms with E-state index < -0.39 is 5.97 Å². The topological polar surface area (TPSA) is 61.2 Å². The van der Waals surface area contributed by atoms with Crippen molar-refractivity contribution in [2.24, 2.45) is 7.05 Å². The molecule has 126 valence electrons. The molecule has 0 bridgehead atoms. The molecule has 2 rings (SSSR count). The Kier molecular flexibility index (Phi) is 6.54. The zero-order valence-corrected chi connectivity index (χ0v) is 14.6. The summed E-state index contributed by atoms with van der Waals surface area (Å²) in [4.78, 5) is 17.3. The second-order valence-electron chi connectivity index (χ2n) is 5.35. The number of benzene rings is 1. The molecule has 0 amide bonds. The lowest BCUT2D eigenvalue weighted by Gasteiger charge is -2.22. The van der Waals surface area contributed by atoms with Gasteiger partial charge >= 0.3 is 0 Å². The van der Waals surface area contributed by atoms with Crippen molar-refractivity contribution in [3.8, 4) is 0 Å². The number of hydrogen-bond donors (Lipinski definition) is 0. The highest BCUT2D eigenvalue weighted by Gasteiger charge is 2.11. The van der Waals surface area contributed by atoms with Gasteiger partial charge in [-0.25, -0.2) is 4.98 Å². The van der Waals surface area contributed by atoms with E-state index in [9.17, 15) is 9.90 Å². The minimum Gasteiger partial charge on any atom is -0.550 e. The van der Waals surface area contributed by atoms with Gasteiger partial charge in [-0.2, -0.15) is 0 Å². The van der Waals surface area contributed by atoms with E-state index in [-0.39, 0.29) is 6.42 Å². The van der Waals surface area contributed by atoms with Crippen molar-refractivity contribution in [1.82, 2.24) is 9.55 Å². The van der Waals surface area contributed by atoms with Crippen LogP contribution in [0.15, 0.2) is 18.2 Å². The van der Waals surface area contributed by atoms with Gasteiger partial charge in [-0.05, 0) is 31.0 Å². The summed E-state index contributed by atoms with van der Waals surface area (Å²) >= 11 is 11.7. The van der Waals surface area contributed by atoms with Gasteiger partial charge < -0.3 is 19.4 Å². The highest BCUT2D eigenvalue weighted by atomic mass is 35.5. The van der Waals surface area contributed by atoms with Gasteiger partial charge in [-0.15, -0.1) is 23.2 Å². The van der Waals surface area contributed by atoms with Gasteiger partial charge in [-0.1, -0.05) is 0 Å². The highest BCUT2D eigenvalue weighted by Crippen LogP contribution is 2.23. The highest BCUT2D eigenvalue weighted by molar-refractivity contribution is 6.18. The van der Waals surface area contributed by atoms with Crippen LogP contribution in [0.1, 0.15) is 18.7 Å². The van der Waals surface area contributed by atoms with Crippen LogP contribution in [0.2, 0.25) is 0 Å². The molecule has 0 aliphatic rings. The molecular weight excluding hydrogens is 337 g/mol. The number of carboxylic acids is 1. The third-order valence-corrected chi connectivity index (χ3v) is 4.15. The van der Waals surface area contributed by atoms with Crippen LogP contribution in [0.25, 0.3) is 11.0 Å². The fraction of sp³-hybridized carbons (Fsp3) is 0.500. The smallest absolute Gasteiger partial charge is 0.109 e. The number of aromatic nitrogens is 2. The van der Waals surface area contributed by atoms with E-state index in [2.05, 4.69) is 9.88 Å². The van der Waals surface area contributed by atoms with Crippen LogP contribution in [0.3, 0.4) is 0 Å². The first-order valence-corrected chi connectivity index (χ1v) is 8.65. The van der Waals surface area contributed by atoms with Crippen LogP contribution in [-0.4, -0.2) is 40.4 Å². The number of hydrogen-bond acceptors (Lipinski definition) is 4. The van der Waals surface area contributed by atoms with E-state index in [1.165, 1.54) is 0 Å². The van der Waals surface area contributed by atoms with E-state index >= 15 is 0 Å². The number of nitrogens with zero attached hydrogens (tertiary/aromatic N) is 3. The minimum absolute atomic E-state index is 0.0493. The molecule has 23 heavy (non-hydrogen) atoms. The van der Waals surface area contributed by atoms with E-state index in [4.69, 9.17) is 23.2 Å². The van der Waals surface area contributed by atoms with Crippen LogP contribution >= 0.6 is 23.2 Å². The van der Waals surface area contributed by atoms with Gasteiger partial charge in [0.1, 0.15) is 5.82 Å². The Hall–Kier alpha value is -1.46. The number of carbonyl (C=O) groups excluding carboxylic acids is 1. The molecule has 0 saturated heterocycles. The van der Waals surface area contributed by atoms with Crippen molar-refractivity contribution in [2.75, 3.05) is 29.7 Å². The summed E-state index contributed by atoms with van der Waals surface area (Å²) in [7, 11) is 1.94. The van der Waals surface area contributed by atoms with Crippen molar-refractivity contribution in [2.45, 2.75) is 19.3 Å². The summed E-state index contributed by atoms with van der Waals surface area (Å²) in [6.07, 6.45) is 1.19. The lowest BCUT2D eigenvalue weighted by atomic mass is 10.2. The Morgan fingerprint density at radius 1 is 1.30 bits per heavy atom. The average Bonchev–Trinajstić information content (AvgIpc) is 2.83.